The zero-order valence-electron chi connectivity index (χ0n) is 56.0. The smallest absolute Gasteiger partial charge is 0.341 e. The molecule has 0 unspecified atom stereocenters. The molecule has 10 heteroatoms. The maximum atomic E-state index is 14.3. The van der Waals surface area contributed by atoms with Crippen LogP contribution in [-0.4, -0.2) is 37.0 Å². The number of amides is 2. The molecule has 10 nitrogen and oxygen atoms in total. The number of esters is 2. The van der Waals surface area contributed by atoms with Crippen molar-refractivity contribution in [1.29, 1.82) is 0 Å². The van der Waals surface area contributed by atoms with Gasteiger partial charge in [0.1, 0.15) is 11.5 Å². The molecular formula is C82H108N2O8. The number of nitrogens with zero attached hydrogens (tertiary/aromatic N) is 2. The van der Waals surface area contributed by atoms with Crippen LogP contribution in [0.25, 0.3) is 0 Å². The van der Waals surface area contributed by atoms with Crippen LogP contribution < -0.4 is 19.3 Å². The highest BCUT2D eigenvalue weighted by atomic mass is 16.6. The van der Waals surface area contributed by atoms with E-state index in [2.05, 4.69) is 38.1 Å². The molecule has 0 saturated carbocycles. The molecule has 6 aromatic rings. The van der Waals surface area contributed by atoms with Crippen molar-refractivity contribution < 1.29 is 38.1 Å². The molecule has 0 saturated heterocycles. The second-order valence-electron chi connectivity index (χ2n) is 25.9. The third kappa shape index (κ3) is 22.8. The first kappa shape index (κ1) is 70.7. The van der Waals surface area contributed by atoms with E-state index in [4.69, 9.17) is 18.9 Å². The van der Waals surface area contributed by atoms with E-state index in [0.717, 1.165) is 62.9 Å². The Kier molecular flexibility index (Phi) is 31.3. The van der Waals surface area contributed by atoms with Gasteiger partial charge in [0, 0.05) is 22.5 Å². The van der Waals surface area contributed by atoms with E-state index in [1.165, 1.54) is 191 Å². The highest BCUT2D eigenvalue weighted by Gasteiger charge is 2.39. The van der Waals surface area contributed by atoms with Gasteiger partial charge >= 0.3 is 11.9 Å². The first-order valence-electron chi connectivity index (χ1n) is 36.2. The predicted molar refractivity (Wildman–Crippen MR) is 375 cm³/mol. The average molecular weight is 1250 g/mol. The normalized spacial score (nSPS) is 14.8. The van der Waals surface area contributed by atoms with Crippen molar-refractivity contribution in [2.24, 2.45) is 0 Å². The van der Waals surface area contributed by atoms with Crippen LogP contribution in [0.5, 0.6) is 11.5 Å². The molecule has 6 aromatic carbocycles. The molecule has 8 rings (SSSR count). The molecule has 2 aliphatic heterocycles. The summed E-state index contributed by atoms with van der Waals surface area (Å²) in [4.78, 5) is 58.9. The van der Waals surface area contributed by atoms with E-state index < -0.39 is 24.4 Å². The van der Waals surface area contributed by atoms with Gasteiger partial charge in [-0.2, -0.15) is 0 Å². The molecule has 2 heterocycles. The SMILES string of the molecule is CCCCCCCCCCCCCCc1ccc(N2C(=O)c3ccccc3C(=O)O[C@@H]2c2ccc(OCCCCCCCCCCCCOc3ccc([C@H]4OC(=O)c5ccccc5C(=O)N4c4ccc(CCCCCCCCCCCCCC)cc4)cc3)cc2)cc1. The maximum Gasteiger partial charge on any atom is 0.341 e. The van der Waals surface area contributed by atoms with Gasteiger partial charge in [0.25, 0.3) is 11.8 Å². The minimum absolute atomic E-state index is 0.271. The Morgan fingerprint density at radius 1 is 0.304 bits per heavy atom. The molecule has 92 heavy (non-hydrogen) atoms. The number of hydrogen-bond acceptors (Lipinski definition) is 8. The van der Waals surface area contributed by atoms with Crippen molar-refractivity contribution in [3.05, 3.63) is 190 Å². The fraction of sp³-hybridized carbons (Fsp3) is 0.512. The van der Waals surface area contributed by atoms with E-state index in [1.807, 2.05) is 72.8 Å². The van der Waals surface area contributed by atoms with Gasteiger partial charge in [0.05, 0.1) is 35.5 Å². The fourth-order valence-corrected chi connectivity index (χ4v) is 13.0. The van der Waals surface area contributed by atoms with Gasteiger partial charge in [-0.25, -0.2) is 9.59 Å². The molecular weight excluding hydrogens is 1140 g/mol. The Morgan fingerprint density at radius 3 is 0.880 bits per heavy atom. The van der Waals surface area contributed by atoms with Gasteiger partial charge in [0.15, 0.2) is 0 Å². The molecule has 0 radical (unpaired) electrons. The minimum atomic E-state index is -0.941. The van der Waals surface area contributed by atoms with Crippen molar-refractivity contribution >= 4 is 35.1 Å². The number of cyclic esters (lactones) is 2. The number of benzene rings is 6. The highest BCUT2D eigenvalue weighted by molar-refractivity contribution is 6.15. The number of aryl methyl sites for hydroxylation is 2. The molecule has 0 aliphatic carbocycles. The zero-order valence-corrected chi connectivity index (χ0v) is 56.0. The van der Waals surface area contributed by atoms with Crippen LogP contribution in [0.1, 0.15) is 308 Å². The summed E-state index contributed by atoms with van der Waals surface area (Å²) in [6.07, 6.45) is 43.2. The summed E-state index contributed by atoms with van der Waals surface area (Å²) in [7, 11) is 0. The second kappa shape index (κ2) is 40.7. The summed E-state index contributed by atoms with van der Waals surface area (Å²) >= 11 is 0. The lowest BCUT2D eigenvalue weighted by molar-refractivity contribution is 0.0292. The maximum absolute atomic E-state index is 14.3. The zero-order chi connectivity index (χ0) is 64.2. The van der Waals surface area contributed by atoms with Crippen LogP contribution in [0.4, 0.5) is 11.4 Å². The van der Waals surface area contributed by atoms with E-state index in [1.54, 1.807) is 58.3 Å². The van der Waals surface area contributed by atoms with Crippen molar-refractivity contribution in [3.8, 4) is 11.5 Å². The standard InChI is InChI=1S/C82H108N2O8/c1-3-5-7-9-11-13-15-17-21-25-29-33-41-65-47-55-69(56-48-65)83-77(85)73-43-35-37-45-75(73)81(87)91-79(83)67-51-59-71(60-52-67)89-63-39-31-27-23-19-20-24-28-32-40-64-90-72-61-53-68(54-62-72)80-84(78(86)74-44-36-38-46-76(74)82(88)92-80)70-57-49-66(50-58-70)42-34-30-26-22-18-16-14-12-10-8-6-4-2/h35-38,43-62,79-80H,3-34,39-42,63-64H2,1-2H3/t79-,80-/m1/s1. The Bertz CT molecular complexity index is 2880. The fourth-order valence-electron chi connectivity index (χ4n) is 13.0. The number of ether oxygens (including phenoxy) is 4. The monoisotopic (exact) mass is 1250 g/mol. The molecule has 0 spiro atoms. The second-order valence-corrected chi connectivity index (χ2v) is 25.9. The summed E-state index contributed by atoms with van der Waals surface area (Å²) < 4.78 is 24.6. The Labute approximate surface area is 552 Å². The highest BCUT2D eigenvalue weighted by Crippen LogP contribution is 2.38. The van der Waals surface area contributed by atoms with Crippen LogP contribution in [0.3, 0.4) is 0 Å². The largest absolute Gasteiger partial charge is 0.494 e. The summed E-state index contributed by atoms with van der Waals surface area (Å²) in [6.45, 7) is 5.79. The summed E-state index contributed by atoms with van der Waals surface area (Å²) in [5.74, 6) is -0.0959. The number of carbonyl (C=O) groups excluding carboxylic acids is 4. The average Bonchev–Trinajstić information content (AvgIpc) is 1.62. The van der Waals surface area contributed by atoms with Crippen LogP contribution in [-0.2, 0) is 22.3 Å². The molecule has 0 fully saturated rings. The number of carbonyl (C=O) groups is 4. The molecule has 2 aliphatic rings. The van der Waals surface area contributed by atoms with E-state index in [9.17, 15) is 19.2 Å². The van der Waals surface area contributed by atoms with Gasteiger partial charge in [-0.05, 0) is 147 Å². The molecule has 2 atom stereocenters. The lowest BCUT2D eigenvalue weighted by atomic mass is 10.0. The first-order chi connectivity index (χ1) is 45.3. The Balaban J connectivity index is 0.692. The summed E-state index contributed by atoms with van der Waals surface area (Å²) in [5.41, 5.74) is 6.46. The summed E-state index contributed by atoms with van der Waals surface area (Å²) in [5, 5.41) is 0. The molecule has 494 valence electrons. The minimum Gasteiger partial charge on any atom is -0.494 e. The van der Waals surface area contributed by atoms with Crippen molar-refractivity contribution in [3.63, 3.8) is 0 Å². The van der Waals surface area contributed by atoms with Crippen molar-refractivity contribution in [1.82, 2.24) is 0 Å². The number of rotatable bonds is 45. The van der Waals surface area contributed by atoms with Gasteiger partial charge in [-0.1, -0.05) is 255 Å². The predicted octanol–water partition coefficient (Wildman–Crippen LogP) is 22.6. The number of hydrogen-bond donors (Lipinski definition) is 0. The van der Waals surface area contributed by atoms with Gasteiger partial charge in [-0.3, -0.25) is 19.4 Å². The van der Waals surface area contributed by atoms with Crippen LogP contribution >= 0.6 is 0 Å². The van der Waals surface area contributed by atoms with Crippen LogP contribution in [0.15, 0.2) is 146 Å². The summed E-state index contributed by atoms with van der Waals surface area (Å²) in [6, 6.07) is 45.4. The lowest BCUT2D eigenvalue weighted by Crippen LogP contribution is -2.35. The number of anilines is 2. The van der Waals surface area contributed by atoms with E-state index in [0.29, 0.717) is 46.8 Å². The Hall–Kier alpha value is -7.20. The number of unbranched alkanes of at least 4 members (excludes halogenated alkanes) is 31. The van der Waals surface area contributed by atoms with Crippen LogP contribution in [0, 0.1) is 0 Å². The number of fused-ring (bicyclic) bond motifs is 2. The van der Waals surface area contributed by atoms with Gasteiger partial charge < -0.3 is 18.9 Å². The molecule has 0 aromatic heterocycles. The first-order valence-corrected chi connectivity index (χ1v) is 36.2. The molecule has 2 amide bonds. The van der Waals surface area contributed by atoms with Crippen LogP contribution in [0.2, 0.25) is 0 Å². The molecule has 0 bridgehead atoms. The van der Waals surface area contributed by atoms with Gasteiger partial charge in [-0.15, -0.1) is 0 Å². The lowest BCUT2D eigenvalue weighted by Gasteiger charge is -2.30. The van der Waals surface area contributed by atoms with Crippen molar-refractivity contribution in [2.75, 3.05) is 23.0 Å². The molecule has 0 N–H and O–H groups in total. The van der Waals surface area contributed by atoms with Crippen molar-refractivity contribution in [2.45, 2.75) is 257 Å². The van der Waals surface area contributed by atoms with Gasteiger partial charge in [0.2, 0.25) is 12.5 Å². The quantitative estimate of drug-likeness (QED) is 0.0275. The third-order valence-corrected chi connectivity index (χ3v) is 18.6. The third-order valence-electron chi connectivity index (χ3n) is 18.6. The topological polar surface area (TPSA) is 112 Å². The van der Waals surface area contributed by atoms with E-state index >= 15 is 0 Å². The Morgan fingerprint density at radius 2 is 0.576 bits per heavy atom. The van der Waals surface area contributed by atoms with E-state index in [-0.39, 0.29) is 22.9 Å².